The monoisotopic (exact) mass is 597 g/mol. The number of carbonyl (C=O) groups excluding carboxylic acids is 1. The van der Waals surface area contributed by atoms with Crippen LogP contribution in [0.25, 0.3) is 0 Å². The van der Waals surface area contributed by atoms with Crippen LogP contribution in [0, 0.1) is 0 Å². The van der Waals surface area contributed by atoms with Crippen molar-refractivity contribution in [1.29, 1.82) is 0 Å². The molecule has 0 aromatic carbocycles. The average molecular weight is 598 g/mol. The van der Waals surface area contributed by atoms with Crippen LogP contribution in [-0.2, 0) is 27.9 Å². The summed E-state index contributed by atoms with van der Waals surface area (Å²) in [6, 6.07) is 0. The smallest absolute Gasteiger partial charge is 0.457 e. The molecule has 0 spiro atoms. The highest BCUT2D eigenvalue weighted by Crippen LogP contribution is 2.43. The summed E-state index contributed by atoms with van der Waals surface area (Å²) in [7, 11) is -4.26. The van der Waals surface area contributed by atoms with Crippen LogP contribution >= 0.6 is 7.82 Å². The Labute approximate surface area is 249 Å². The molecule has 0 aliphatic heterocycles. The number of phosphoric ester groups is 1. The summed E-state index contributed by atoms with van der Waals surface area (Å²) in [6.45, 7) is 4.52. The van der Waals surface area contributed by atoms with Gasteiger partial charge in [-0.3, -0.25) is 13.8 Å². The van der Waals surface area contributed by atoms with Crippen LogP contribution in [0.5, 0.6) is 0 Å². The van der Waals surface area contributed by atoms with Gasteiger partial charge in [0.1, 0.15) is 6.10 Å². The summed E-state index contributed by atoms with van der Waals surface area (Å²) in [5.74, 6) is -0.368. The lowest BCUT2D eigenvalue weighted by molar-refractivity contribution is -0.154. The number of hydrogen-bond acceptors (Lipinski definition) is 7. The van der Waals surface area contributed by atoms with Crippen LogP contribution in [0.2, 0.25) is 0 Å². The lowest BCUT2D eigenvalue weighted by atomic mass is 10.1. The second-order valence-corrected chi connectivity index (χ2v) is 11.0. The predicted molar refractivity (Wildman–Crippen MR) is 169 cm³/mol. The first-order valence-electron chi connectivity index (χ1n) is 15.3. The summed E-state index contributed by atoms with van der Waals surface area (Å²) in [5.41, 5.74) is 5.30. The molecule has 9 heteroatoms. The molecule has 0 aromatic heterocycles. The number of rotatable bonds is 28. The molecule has 0 rings (SSSR count). The summed E-state index contributed by atoms with van der Waals surface area (Å²) < 4.78 is 32.8. The van der Waals surface area contributed by atoms with Gasteiger partial charge in [-0.15, -0.1) is 0 Å². The van der Waals surface area contributed by atoms with Gasteiger partial charge in [0.25, 0.3) is 0 Å². The van der Waals surface area contributed by atoms with Crippen LogP contribution < -0.4 is 5.73 Å². The molecule has 41 heavy (non-hydrogen) atoms. The number of hydrogen-bond donors (Lipinski definition) is 2. The molecule has 2 unspecified atom stereocenters. The van der Waals surface area contributed by atoms with E-state index in [2.05, 4.69) is 74.6 Å². The Morgan fingerprint density at radius 1 is 0.756 bits per heavy atom. The number of ether oxygens (including phenoxy) is 2. The van der Waals surface area contributed by atoms with E-state index in [4.69, 9.17) is 24.3 Å². The highest BCUT2D eigenvalue weighted by atomic mass is 31.2. The fourth-order valence-electron chi connectivity index (χ4n) is 3.49. The van der Waals surface area contributed by atoms with Gasteiger partial charge in [-0.25, -0.2) is 4.57 Å². The van der Waals surface area contributed by atoms with Crippen LogP contribution in [0.3, 0.4) is 0 Å². The van der Waals surface area contributed by atoms with Crippen molar-refractivity contribution in [3.8, 4) is 0 Å². The quantitative estimate of drug-likeness (QED) is 0.0404. The molecule has 2 atom stereocenters. The highest BCUT2D eigenvalue weighted by Gasteiger charge is 2.25. The third-order valence-corrected chi connectivity index (χ3v) is 6.68. The number of carbonyl (C=O) groups is 1. The van der Waals surface area contributed by atoms with E-state index in [0.717, 1.165) is 77.0 Å². The van der Waals surface area contributed by atoms with Crippen LogP contribution in [-0.4, -0.2) is 49.9 Å². The second-order valence-electron chi connectivity index (χ2n) is 9.59. The molecular formula is C32H56NO7P. The molecule has 0 radical (unpaired) electrons. The molecule has 0 fully saturated rings. The first-order valence-corrected chi connectivity index (χ1v) is 16.8. The normalized spacial score (nSPS) is 14.7. The first kappa shape index (κ1) is 39.2. The van der Waals surface area contributed by atoms with Crippen LogP contribution in [0.4, 0.5) is 0 Å². The molecule has 8 nitrogen and oxygen atoms in total. The summed E-state index contributed by atoms with van der Waals surface area (Å²) >= 11 is 0. The van der Waals surface area contributed by atoms with Gasteiger partial charge in [0.05, 0.1) is 19.8 Å². The lowest BCUT2D eigenvalue weighted by Gasteiger charge is -2.20. The maximum absolute atomic E-state index is 12.2. The molecule has 0 aliphatic carbocycles. The zero-order valence-corrected chi connectivity index (χ0v) is 26.4. The summed E-state index contributed by atoms with van der Waals surface area (Å²) in [5, 5.41) is 0. The fraction of sp³-hybridized carbons (Fsp3) is 0.656. The van der Waals surface area contributed by atoms with Gasteiger partial charge in [0.15, 0.2) is 0 Å². The Morgan fingerprint density at radius 2 is 1.37 bits per heavy atom. The number of unbranched alkanes of at least 4 members (excludes halogenated alkanes) is 5. The van der Waals surface area contributed by atoms with Gasteiger partial charge in [0.2, 0.25) is 0 Å². The van der Waals surface area contributed by atoms with E-state index in [1.807, 2.05) is 0 Å². The standard InChI is InChI=1S/C32H56NO7P/c1-3-5-7-9-10-11-12-13-14-15-16-17-18-19-20-21-22-24-27-37-29-31(30-39-41(35,36)38-28-26-33)40-32(34)25-23-8-6-4-2/h5,7,10-11,13-14,16-17,19-20,31H,3-4,6,8-9,12,15,18,21-30,33H2,1-2H3,(H,35,36)/b7-5-,11-10-,14-13-,17-16-,20-19-. The Kier molecular flexibility index (Phi) is 28.4. The summed E-state index contributed by atoms with van der Waals surface area (Å²) in [6.07, 6.45) is 32.9. The van der Waals surface area contributed by atoms with Crippen LogP contribution in [0.1, 0.15) is 97.3 Å². The minimum Gasteiger partial charge on any atom is -0.457 e. The van der Waals surface area contributed by atoms with Crippen molar-refractivity contribution in [2.45, 2.75) is 103 Å². The van der Waals surface area contributed by atoms with Gasteiger partial charge in [-0.1, -0.05) is 93.9 Å². The summed E-state index contributed by atoms with van der Waals surface area (Å²) in [4.78, 5) is 21.9. The largest absolute Gasteiger partial charge is 0.472 e. The van der Waals surface area contributed by atoms with Crippen molar-refractivity contribution < 1.29 is 32.8 Å². The Balaban J connectivity index is 4.12. The Morgan fingerprint density at radius 3 is 1.95 bits per heavy atom. The topological polar surface area (TPSA) is 117 Å². The van der Waals surface area contributed by atoms with Gasteiger partial charge >= 0.3 is 13.8 Å². The molecule has 0 saturated heterocycles. The molecule has 0 bridgehead atoms. The van der Waals surface area contributed by atoms with E-state index in [1.165, 1.54) is 0 Å². The van der Waals surface area contributed by atoms with Crippen molar-refractivity contribution in [1.82, 2.24) is 0 Å². The fourth-order valence-corrected chi connectivity index (χ4v) is 4.25. The van der Waals surface area contributed by atoms with Crippen molar-refractivity contribution in [3.05, 3.63) is 60.8 Å². The van der Waals surface area contributed by atoms with Crippen molar-refractivity contribution in [2.75, 3.05) is 33.0 Å². The van der Waals surface area contributed by atoms with Crippen molar-refractivity contribution in [2.24, 2.45) is 5.73 Å². The van der Waals surface area contributed by atoms with E-state index in [0.29, 0.717) is 13.0 Å². The Hall–Kier alpha value is -1.80. The van der Waals surface area contributed by atoms with E-state index < -0.39 is 13.9 Å². The average Bonchev–Trinajstić information content (AvgIpc) is 2.96. The van der Waals surface area contributed by atoms with Gasteiger partial charge in [-0.05, 0) is 57.8 Å². The molecule has 236 valence electrons. The second kappa shape index (κ2) is 29.7. The molecule has 3 N–H and O–H groups in total. The van der Waals surface area contributed by atoms with Gasteiger partial charge in [0, 0.05) is 19.6 Å². The maximum Gasteiger partial charge on any atom is 0.472 e. The number of allylic oxidation sites excluding steroid dienone is 10. The van der Waals surface area contributed by atoms with Gasteiger partial charge < -0.3 is 20.1 Å². The molecule has 0 aromatic rings. The predicted octanol–water partition coefficient (Wildman–Crippen LogP) is 7.90. The molecule has 0 aliphatic rings. The van der Waals surface area contributed by atoms with Crippen molar-refractivity contribution in [3.63, 3.8) is 0 Å². The minimum absolute atomic E-state index is 0.0826. The van der Waals surface area contributed by atoms with Gasteiger partial charge in [-0.2, -0.15) is 0 Å². The number of esters is 1. The third-order valence-electron chi connectivity index (χ3n) is 5.70. The number of phosphoric acid groups is 1. The molecule has 0 saturated carbocycles. The zero-order valence-electron chi connectivity index (χ0n) is 25.5. The van der Waals surface area contributed by atoms with Crippen molar-refractivity contribution >= 4 is 13.8 Å². The Bertz CT molecular complexity index is 808. The highest BCUT2D eigenvalue weighted by molar-refractivity contribution is 7.47. The van der Waals surface area contributed by atoms with E-state index in [1.54, 1.807) is 0 Å². The lowest BCUT2D eigenvalue weighted by Crippen LogP contribution is -2.28. The maximum atomic E-state index is 12.2. The van der Waals surface area contributed by atoms with E-state index in [-0.39, 0.29) is 32.3 Å². The molecule has 0 amide bonds. The number of nitrogens with two attached hydrogens (primary N) is 1. The molecular weight excluding hydrogens is 541 g/mol. The SMILES string of the molecule is CC/C=C\C/C=C\C/C=C\C/C=C\C/C=C\CCCCOCC(COP(=O)(O)OCCN)OC(=O)CCCCCC. The first-order chi connectivity index (χ1) is 19.9. The van der Waals surface area contributed by atoms with E-state index >= 15 is 0 Å². The third kappa shape index (κ3) is 29.5. The van der Waals surface area contributed by atoms with Crippen LogP contribution in [0.15, 0.2) is 60.8 Å². The van der Waals surface area contributed by atoms with E-state index in [9.17, 15) is 14.3 Å². The zero-order chi connectivity index (χ0) is 30.3. The minimum atomic E-state index is -4.26. The molecule has 0 heterocycles.